The van der Waals surface area contributed by atoms with E-state index in [-0.39, 0.29) is 5.91 Å². The molecule has 3 rings (SSSR count). The Bertz CT molecular complexity index is 597. The van der Waals surface area contributed by atoms with Crippen molar-refractivity contribution < 1.29 is 4.79 Å². The first-order valence-corrected chi connectivity index (χ1v) is 7.32. The molecule has 1 heterocycles. The standard InChI is InChI=1S/C16H21N3O/c1-17-12-5-7-13(8-6-12)19-16(20)14-4-2-3-11-9-10-18-15(11)14/h2-4,9-10,12-13,17-18H,5-8H2,1H3,(H,19,20). The molecule has 0 spiro atoms. The van der Waals surface area contributed by atoms with Gasteiger partial charge in [-0.05, 0) is 44.9 Å². The number of rotatable bonds is 3. The zero-order chi connectivity index (χ0) is 13.9. The highest BCUT2D eigenvalue weighted by molar-refractivity contribution is 6.05. The SMILES string of the molecule is CNC1CCC(NC(=O)c2cccc3cc[nH]c23)CC1. The van der Waals surface area contributed by atoms with Gasteiger partial charge in [-0.3, -0.25) is 4.79 Å². The van der Waals surface area contributed by atoms with E-state index in [0.29, 0.717) is 12.1 Å². The fourth-order valence-corrected chi connectivity index (χ4v) is 3.06. The van der Waals surface area contributed by atoms with E-state index in [2.05, 4.69) is 15.6 Å². The molecule has 0 atom stereocenters. The molecule has 1 aromatic heterocycles. The summed E-state index contributed by atoms with van der Waals surface area (Å²) < 4.78 is 0. The number of amides is 1. The second-order valence-corrected chi connectivity index (χ2v) is 5.56. The van der Waals surface area contributed by atoms with Crippen molar-refractivity contribution in [1.82, 2.24) is 15.6 Å². The Hall–Kier alpha value is -1.81. The Balaban J connectivity index is 1.69. The molecule has 2 aromatic rings. The summed E-state index contributed by atoms with van der Waals surface area (Å²) >= 11 is 0. The molecule has 1 amide bonds. The molecular weight excluding hydrogens is 250 g/mol. The lowest BCUT2D eigenvalue weighted by molar-refractivity contribution is 0.0926. The number of carbonyl (C=O) groups excluding carboxylic acids is 1. The second kappa shape index (κ2) is 5.67. The van der Waals surface area contributed by atoms with Crippen LogP contribution >= 0.6 is 0 Å². The van der Waals surface area contributed by atoms with Crippen LogP contribution in [0.25, 0.3) is 10.9 Å². The molecule has 0 unspecified atom stereocenters. The van der Waals surface area contributed by atoms with Gasteiger partial charge in [0.2, 0.25) is 0 Å². The number of aromatic nitrogens is 1. The van der Waals surface area contributed by atoms with Gasteiger partial charge in [-0.25, -0.2) is 0 Å². The van der Waals surface area contributed by atoms with Crippen LogP contribution in [0.5, 0.6) is 0 Å². The molecule has 4 heteroatoms. The van der Waals surface area contributed by atoms with Crippen molar-refractivity contribution in [1.29, 1.82) is 0 Å². The molecule has 0 aliphatic heterocycles. The first-order chi connectivity index (χ1) is 9.78. The minimum Gasteiger partial charge on any atom is -0.361 e. The van der Waals surface area contributed by atoms with Crippen molar-refractivity contribution in [3.8, 4) is 0 Å². The van der Waals surface area contributed by atoms with Gasteiger partial charge in [-0.2, -0.15) is 0 Å². The smallest absolute Gasteiger partial charge is 0.253 e. The van der Waals surface area contributed by atoms with Gasteiger partial charge in [0.25, 0.3) is 5.91 Å². The van der Waals surface area contributed by atoms with Gasteiger partial charge in [0.05, 0.1) is 11.1 Å². The molecule has 4 nitrogen and oxygen atoms in total. The van der Waals surface area contributed by atoms with Gasteiger partial charge < -0.3 is 15.6 Å². The zero-order valence-electron chi connectivity index (χ0n) is 11.8. The summed E-state index contributed by atoms with van der Waals surface area (Å²) in [6, 6.07) is 8.73. The van der Waals surface area contributed by atoms with E-state index in [4.69, 9.17) is 0 Å². The lowest BCUT2D eigenvalue weighted by atomic mass is 9.91. The molecule has 106 valence electrons. The Kier molecular flexibility index (Phi) is 3.74. The number of para-hydroxylation sites is 1. The minimum atomic E-state index is 0.0333. The molecule has 1 aromatic carbocycles. The predicted octanol–water partition coefficient (Wildman–Crippen LogP) is 2.43. The van der Waals surface area contributed by atoms with Crippen LogP contribution in [0, 0.1) is 0 Å². The van der Waals surface area contributed by atoms with Crippen molar-refractivity contribution in [2.75, 3.05) is 7.05 Å². The first kappa shape index (κ1) is 13.2. The summed E-state index contributed by atoms with van der Waals surface area (Å²) in [5.74, 6) is 0.0333. The van der Waals surface area contributed by atoms with Gasteiger partial charge in [0.15, 0.2) is 0 Å². The highest BCUT2D eigenvalue weighted by Gasteiger charge is 2.22. The van der Waals surface area contributed by atoms with Crippen molar-refractivity contribution in [2.24, 2.45) is 0 Å². The summed E-state index contributed by atoms with van der Waals surface area (Å²) in [6.07, 6.45) is 6.25. The van der Waals surface area contributed by atoms with E-state index in [9.17, 15) is 4.79 Å². The Morgan fingerprint density at radius 2 is 1.90 bits per heavy atom. The summed E-state index contributed by atoms with van der Waals surface area (Å²) in [5, 5.41) is 7.57. The van der Waals surface area contributed by atoms with Crippen LogP contribution in [0.4, 0.5) is 0 Å². The maximum absolute atomic E-state index is 12.4. The maximum atomic E-state index is 12.4. The van der Waals surface area contributed by atoms with Gasteiger partial charge in [-0.1, -0.05) is 12.1 Å². The first-order valence-electron chi connectivity index (χ1n) is 7.32. The van der Waals surface area contributed by atoms with Crippen LogP contribution in [0.3, 0.4) is 0 Å². The highest BCUT2D eigenvalue weighted by Crippen LogP contribution is 2.20. The lowest BCUT2D eigenvalue weighted by Gasteiger charge is -2.28. The fourth-order valence-electron chi connectivity index (χ4n) is 3.06. The number of nitrogens with one attached hydrogen (secondary N) is 3. The van der Waals surface area contributed by atoms with Crippen LogP contribution in [-0.2, 0) is 0 Å². The quantitative estimate of drug-likeness (QED) is 0.803. The summed E-state index contributed by atoms with van der Waals surface area (Å²) in [4.78, 5) is 15.6. The van der Waals surface area contributed by atoms with Crippen LogP contribution < -0.4 is 10.6 Å². The minimum absolute atomic E-state index is 0.0333. The average Bonchev–Trinajstić information content (AvgIpc) is 2.96. The zero-order valence-corrected chi connectivity index (χ0v) is 11.8. The number of aromatic amines is 1. The monoisotopic (exact) mass is 271 g/mol. The Morgan fingerprint density at radius 3 is 2.65 bits per heavy atom. The largest absolute Gasteiger partial charge is 0.361 e. The topological polar surface area (TPSA) is 56.9 Å². The van der Waals surface area contributed by atoms with Crippen molar-refractivity contribution in [3.63, 3.8) is 0 Å². The van der Waals surface area contributed by atoms with E-state index in [1.165, 1.54) is 0 Å². The second-order valence-electron chi connectivity index (χ2n) is 5.56. The van der Waals surface area contributed by atoms with Crippen molar-refractivity contribution in [2.45, 2.75) is 37.8 Å². The van der Waals surface area contributed by atoms with Crippen molar-refractivity contribution in [3.05, 3.63) is 36.0 Å². The lowest BCUT2D eigenvalue weighted by Crippen LogP contribution is -2.41. The van der Waals surface area contributed by atoms with Gasteiger partial charge in [0, 0.05) is 23.7 Å². The maximum Gasteiger partial charge on any atom is 0.253 e. The fraction of sp³-hybridized carbons (Fsp3) is 0.438. The van der Waals surface area contributed by atoms with Crippen LogP contribution in [0.1, 0.15) is 36.0 Å². The Labute approximate surface area is 118 Å². The number of hydrogen-bond acceptors (Lipinski definition) is 2. The predicted molar refractivity (Wildman–Crippen MR) is 80.9 cm³/mol. The third kappa shape index (κ3) is 2.56. The molecule has 1 aliphatic rings. The normalized spacial score (nSPS) is 22.9. The molecule has 3 N–H and O–H groups in total. The molecule has 0 bridgehead atoms. The molecule has 1 saturated carbocycles. The summed E-state index contributed by atoms with van der Waals surface area (Å²) in [5.41, 5.74) is 1.66. The average molecular weight is 271 g/mol. The third-order valence-electron chi connectivity index (χ3n) is 4.30. The van der Waals surface area contributed by atoms with E-state index >= 15 is 0 Å². The highest BCUT2D eigenvalue weighted by atomic mass is 16.1. The van der Waals surface area contributed by atoms with Gasteiger partial charge in [0.1, 0.15) is 0 Å². The van der Waals surface area contributed by atoms with E-state index in [1.54, 1.807) is 0 Å². The summed E-state index contributed by atoms with van der Waals surface area (Å²) in [6.45, 7) is 0. The Morgan fingerprint density at radius 1 is 1.15 bits per heavy atom. The van der Waals surface area contributed by atoms with E-state index < -0.39 is 0 Å². The molecule has 1 aliphatic carbocycles. The number of carbonyl (C=O) groups is 1. The van der Waals surface area contributed by atoms with Gasteiger partial charge >= 0.3 is 0 Å². The number of H-pyrrole nitrogens is 1. The molecule has 20 heavy (non-hydrogen) atoms. The van der Waals surface area contributed by atoms with Crippen LogP contribution in [0.2, 0.25) is 0 Å². The molecule has 0 saturated heterocycles. The number of hydrogen-bond donors (Lipinski definition) is 3. The molecule has 0 radical (unpaired) electrons. The van der Waals surface area contributed by atoms with E-state index in [1.807, 2.05) is 37.5 Å². The third-order valence-corrected chi connectivity index (χ3v) is 4.30. The van der Waals surface area contributed by atoms with Crippen LogP contribution in [0.15, 0.2) is 30.5 Å². The van der Waals surface area contributed by atoms with Crippen molar-refractivity contribution >= 4 is 16.8 Å². The van der Waals surface area contributed by atoms with Crippen LogP contribution in [-0.4, -0.2) is 30.0 Å². The summed E-state index contributed by atoms with van der Waals surface area (Å²) in [7, 11) is 2.01. The number of fused-ring (bicyclic) bond motifs is 1. The molecular formula is C16H21N3O. The van der Waals surface area contributed by atoms with Gasteiger partial charge in [-0.15, -0.1) is 0 Å². The molecule has 1 fully saturated rings. The van der Waals surface area contributed by atoms with E-state index in [0.717, 1.165) is 42.1 Å². The number of benzene rings is 1.